The number of halogens is 1. The summed E-state index contributed by atoms with van der Waals surface area (Å²) in [5.74, 6) is 2.59. The number of carbonyl (C=O) groups excluding carboxylic acids is 1. The molecule has 2 aromatic rings. The van der Waals surface area contributed by atoms with Crippen molar-refractivity contribution >= 4 is 18.2 Å². The number of hydrogen-bond donors (Lipinski definition) is 1. The first-order chi connectivity index (χ1) is 13.7. The molecule has 5 heteroatoms. The van der Waals surface area contributed by atoms with Crippen LogP contribution in [0.15, 0.2) is 42.5 Å². The predicted octanol–water partition coefficient (Wildman–Crippen LogP) is 4.34. The molecule has 4 nitrogen and oxygen atoms in total. The summed E-state index contributed by atoms with van der Waals surface area (Å²) in [5, 5.41) is 3.46. The van der Waals surface area contributed by atoms with E-state index in [-0.39, 0.29) is 24.1 Å². The average molecular weight is 416 g/mol. The van der Waals surface area contributed by atoms with Gasteiger partial charge in [0.15, 0.2) is 17.3 Å². The minimum atomic E-state index is 0. The maximum absolute atomic E-state index is 13.4. The van der Waals surface area contributed by atoms with Crippen molar-refractivity contribution in [2.45, 2.75) is 25.7 Å². The molecule has 2 aromatic carbocycles. The Morgan fingerprint density at radius 2 is 1.69 bits per heavy atom. The van der Waals surface area contributed by atoms with E-state index in [1.165, 1.54) is 5.56 Å². The SMILES string of the molecule is COc1cc2c(cc1OC)C(=O)C(C(Cc1ccccc1)C1CCNCC1)C2.Cl. The summed E-state index contributed by atoms with van der Waals surface area (Å²) in [5.41, 5.74) is 3.24. The third-order valence-electron chi connectivity index (χ3n) is 6.47. The molecule has 4 rings (SSSR count). The zero-order valence-electron chi connectivity index (χ0n) is 17.1. The standard InChI is InChI=1S/C24H29NO3.ClH/c1-27-22-14-18-13-21(24(26)20(18)15-23(22)28-2)19(17-8-10-25-11-9-17)12-16-6-4-3-5-7-16;/h3-7,14-15,17,19,21,25H,8-13H2,1-2H3;1H. The highest BCUT2D eigenvalue weighted by Crippen LogP contribution is 2.42. The highest BCUT2D eigenvalue weighted by atomic mass is 35.5. The van der Waals surface area contributed by atoms with Crippen LogP contribution in [0.2, 0.25) is 0 Å². The molecular formula is C24H30ClNO3. The van der Waals surface area contributed by atoms with Crippen LogP contribution < -0.4 is 14.8 Å². The molecular weight excluding hydrogens is 386 g/mol. The monoisotopic (exact) mass is 415 g/mol. The normalized spacial score (nSPS) is 19.9. The molecule has 2 atom stereocenters. The second-order valence-corrected chi connectivity index (χ2v) is 7.98. The Morgan fingerprint density at radius 3 is 2.34 bits per heavy atom. The minimum absolute atomic E-state index is 0. The van der Waals surface area contributed by atoms with Gasteiger partial charge in [0.05, 0.1) is 14.2 Å². The van der Waals surface area contributed by atoms with Crippen LogP contribution >= 0.6 is 12.4 Å². The fourth-order valence-electron chi connectivity index (χ4n) is 4.99. The molecule has 156 valence electrons. The lowest BCUT2D eigenvalue weighted by atomic mass is 9.72. The zero-order valence-corrected chi connectivity index (χ0v) is 18.0. The van der Waals surface area contributed by atoms with Crippen LogP contribution in [0.1, 0.15) is 34.3 Å². The Bertz CT molecular complexity index is 834. The van der Waals surface area contributed by atoms with Crippen LogP contribution in [0.4, 0.5) is 0 Å². The van der Waals surface area contributed by atoms with Gasteiger partial charge in [-0.15, -0.1) is 12.4 Å². The van der Waals surface area contributed by atoms with Crippen LogP contribution in [0.5, 0.6) is 11.5 Å². The van der Waals surface area contributed by atoms with Gasteiger partial charge in [-0.25, -0.2) is 0 Å². The zero-order chi connectivity index (χ0) is 19.5. The molecule has 2 unspecified atom stereocenters. The second kappa shape index (κ2) is 9.64. The van der Waals surface area contributed by atoms with E-state index in [1.54, 1.807) is 14.2 Å². The number of carbonyl (C=O) groups is 1. The number of ketones is 1. The van der Waals surface area contributed by atoms with E-state index in [4.69, 9.17) is 9.47 Å². The van der Waals surface area contributed by atoms with Gasteiger partial charge in [-0.2, -0.15) is 0 Å². The lowest BCUT2D eigenvalue weighted by Crippen LogP contribution is -2.37. The van der Waals surface area contributed by atoms with Crippen molar-refractivity contribution in [3.05, 3.63) is 59.2 Å². The number of methoxy groups -OCH3 is 2. The topological polar surface area (TPSA) is 47.6 Å². The van der Waals surface area contributed by atoms with E-state index in [0.29, 0.717) is 23.3 Å². The molecule has 2 aliphatic rings. The van der Waals surface area contributed by atoms with Gasteiger partial charge in [-0.1, -0.05) is 30.3 Å². The number of rotatable bonds is 6. The maximum Gasteiger partial charge on any atom is 0.166 e. The molecule has 29 heavy (non-hydrogen) atoms. The Kier molecular flexibility index (Phi) is 7.20. The Morgan fingerprint density at radius 1 is 1.03 bits per heavy atom. The van der Waals surface area contributed by atoms with Gasteiger partial charge in [0.25, 0.3) is 0 Å². The van der Waals surface area contributed by atoms with Crippen LogP contribution in [-0.2, 0) is 12.8 Å². The molecule has 1 N–H and O–H groups in total. The highest BCUT2D eigenvalue weighted by Gasteiger charge is 2.40. The molecule has 0 radical (unpaired) electrons. The lowest BCUT2D eigenvalue weighted by Gasteiger charge is -2.34. The third kappa shape index (κ3) is 4.44. The molecule has 1 heterocycles. The molecule has 0 saturated carbocycles. The Hall–Kier alpha value is -2.04. The van der Waals surface area contributed by atoms with Gasteiger partial charge in [0.2, 0.25) is 0 Å². The predicted molar refractivity (Wildman–Crippen MR) is 118 cm³/mol. The number of hydrogen-bond acceptors (Lipinski definition) is 4. The van der Waals surface area contributed by atoms with Crippen molar-refractivity contribution in [1.29, 1.82) is 0 Å². The Balaban J connectivity index is 0.00000240. The summed E-state index contributed by atoms with van der Waals surface area (Å²) >= 11 is 0. The van der Waals surface area contributed by atoms with Gasteiger partial charge >= 0.3 is 0 Å². The summed E-state index contributed by atoms with van der Waals surface area (Å²) < 4.78 is 10.9. The summed E-state index contributed by atoms with van der Waals surface area (Å²) in [4.78, 5) is 13.4. The van der Waals surface area contributed by atoms with Crippen molar-refractivity contribution in [2.24, 2.45) is 17.8 Å². The number of benzene rings is 2. The van der Waals surface area contributed by atoms with E-state index < -0.39 is 0 Å². The van der Waals surface area contributed by atoms with Crippen LogP contribution in [0.25, 0.3) is 0 Å². The first kappa shape index (κ1) is 21.7. The molecule has 0 bridgehead atoms. The van der Waals surface area contributed by atoms with Crippen LogP contribution in [-0.4, -0.2) is 33.1 Å². The fraction of sp³-hybridized carbons (Fsp3) is 0.458. The van der Waals surface area contributed by atoms with Gasteiger partial charge in [-0.05, 0) is 73.9 Å². The average Bonchev–Trinajstić information content (AvgIpc) is 3.07. The molecule has 0 spiro atoms. The number of Topliss-reactive ketones (excluding diaryl/α,β-unsaturated/α-hetero) is 1. The van der Waals surface area contributed by atoms with Gasteiger partial charge in [0, 0.05) is 11.5 Å². The number of fused-ring (bicyclic) bond motifs is 1. The van der Waals surface area contributed by atoms with Crippen molar-refractivity contribution in [1.82, 2.24) is 5.32 Å². The Labute approximate surface area is 179 Å². The molecule has 1 fully saturated rings. The molecule has 1 aliphatic heterocycles. The van der Waals surface area contributed by atoms with E-state index in [0.717, 1.165) is 49.9 Å². The van der Waals surface area contributed by atoms with Crippen molar-refractivity contribution < 1.29 is 14.3 Å². The minimum Gasteiger partial charge on any atom is -0.493 e. The highest BCUT2D eigenvalue weighted by molar-refractivity contribution is 6.03. The van der Waals surface area contributed by atoms with Gasteiger partial charge in [-0.3, -0.25) is 4.79 Å². The largest absolute Gasteiger partial charge is 0.493 e. The maximum atomic E-state index is 13.4. The van der Waals surface area contributed by atoms with Crippen molar-refractivity contribution in [3.63, 3.8) is 0 Å². The van der Waals surface area contributed by atoms with Crippen LogP contribution in [0.3, 0.4) is 0 Å². The second-order valence-electron chi connectivity index (χ2n) is 7.98. The van der Waals surface area contributed by atoms with Gasteiger partial charge in [0.1, 0.15) is 0 Å². The molecule has 0 aromatic heterocycles. The smallest absolute Gasteiger partial charge is 0.166 e. The number of nitrogens with one attached hydrogen (secondary N) is 1. The summed E-state index contributed by atoms with van der Waals surface area (Å²) in [6, 6.07) is 14.5. The first-order valence-electron chi connectivity index (χ1n) is 10.2. The van der Waals surface area contributed by atoms with E-state index in [9.17, 15) is 4.79 Å². The third-order valence-corrected chi connectivity index (χ3v) is 6.47. The van der Waals surface area contributed by atoms with Crippen LogP contribution in [0, 0.1) is 17.8 Å². The summed E-state index contributed by atoms with van der Waals surface area (Å²) in [7, 11) is 3.26. The summed E-state index contributed by atoms with van der Waals surface area (Å²) in [6.07, 6.45) is 4.05. The van der Waals surface area contributed by atoms with E-state index >= 15 is 0 Å². The van der Waals surface area contributed by atoms with E-state index in [1.807, 2.05) is 12.1 Å². The number of piperidine rings is 1. The summed E-state index contributed by atoms with van der Waals surface area (Å²) in [6.45, 7) is 2.09. The van der Waals surface area contributed by atoms with E-state index in [2.05, 4.69) is 35.6 Å². The lowest BCUT2D eigenvalue weighted by molar-refractivity contribution is 0.0831. The molecule has 1 saturated heterocycles. The quantitative estimate of drug-likeness (QED) is 0.762. The van der Waals surface area contributed by atoms with Crippen molar-refractivity contribution in [2.75, 3.05) is 27.3 Å². The van der Waals surface area contributed by atoms with Gasteiger partial charge < -0.3 is 14.8 Å². The van der Waals surface area contributed by atoms with Crippen molar-refractivity contribution in [3.8, 4) is 11.5 Å². The first-order valence-corrected chi connectivity index (χ1v) is 10.2. The number of ether oxygens (including phenoxy) is 2. The fourth-order valence-corrected chi connectivity index (χ4v) is 4.99. The molecule has 0 amide bonds. The molecule has 1 aliphatic carbocycles.